The van der Waals surface area contributed by atoms with Crippen molar-refractivity contribution in [1.29, 1.82) is 0 Å². The van der Waals surface area contributed by atoms with E-state index in [-0.39, 0.29) is 12.4 Å². The summed E-state index contributed by atoms with van der Waals surface area (Å²) in [4.78, 5) is 20.2. The molecule has 0 radical (unpaired) electrons. The monoisotopic (exact) mass is 112 g/mol. The van der Waals surface area contributed by atoms with Crippen LogP contribution in [0.3, 0.4) is 0 Å². The molecule has 0 aliphatic heterocycles. The van der Waals surface area contributed by atoms with Crippen LogP contribution in [0.1, 0.15) is 0 Å². The maximum Gasteiger partial charge on any atom is 0.187 e. The van der Waals surface area contributed by atoms with E-state index >= 15 is 0 Å². The van der Waals surface area contributed by atoms with Crippen LogP contribution < -0.4 is 0 Å². The van der Waals surface area contributed by atoms with Gasteiger partial charge >= 0.3 is 0 Å². The van der Waals surface area contributed by atoms with Gasteiger partial charge in [-0.1, -0.05) is 0 Å². The second-order valence-corrected chi connectivity index (χ2v) is 0.231. The third kappa shape index (κ3) is 10.4. The highest BCUT2D eigenvalue weighted by Gasteiger charge is 1.61. The summed E-state index contributed by atoms with van der Waals surface area (Å²) in [5, 5.41) is 3.25. The molecule has 0 rings (SSSR count). The molecule has 0 spiro atoms. The van der Waals surface area contributed by atoms with Crippen LogP contribution in [0, 0.1) is 9.81 Å². The summed E-state index contributed by atoms with van der Waals surface area (Å²) in [6.45, 7) is 0. The van der Waals surface area contributed by atoms with Gasteiger partial charge in [-0.05, 0) is 0 Å². The lowest BCUT2D eigenvalue weighted by molar-refractivity contribution is 0.146. The molecule has 0 aliphatic carbocycles. The normalized spacial score (nSPS) is 4.67. The Labute approximate surface area is 38.9 Å². The first-order valence-corrected chi connectivity index (χ1v) is 0.730. The van der Waals surface area contributed by atoms with E-state index in [0.29, 0.717) is 0 Å². The second kappa shape index (κ2) is 8.85. The molecule has 0 aromatic rings. The minimum absolute atomic E-state index is 0. The van der Waals surface area contributed by atoms with Gasteiger partial charge in [0.1, 0.15) is 0 Å². The maximum atomic E-state index is 8.64. The second-order valence-electron chi connectivity index (χ2n) is 0.231. The van der Waals surface area contributed by atoms with Gasteiger partial charge in [-0.2, -0.15) is 4.94 Å². The Morgan fingerprint density at radius 1 is 1.17 bits per heavy atom. The van der Waals surface area contributed by atoms with Gasteiger partial charge in [-0.3, -0.25) is 0 Å². The number of rotatable bonds is 2. The Balaban J connectivity index is 0. The van der Waals surface area contributed by atoms with Gasteiger partial charge < -0.3 is 0 Å². The highest BCUT2D eigenvalue weighted by molar-refractivity contribution is 5.85. The van der Waals surface area contributed by atoms with Gasteiger partial charge in [0.2, 0.25) is 0 Å². The van der Waals surface area contributed by atoms with Gasteiger partial charge in [0.05, 0.1) is 0 Å². The average molecular weight is 112 g/mol. The molecule has 0 fully saturated rings. The molecule has 0 bridgehead atoms. The predicted molar refractivity (Wildman–Crippen MR) is 19.9 cm³/mol. The molecule has 0 aromatic heterocycles. The fraction of sp³-hybridized carbons (Fsp3) is 0. The van der Waals surface area contributed by atoms with Crippen molar-refractivity contribution in [3.05, 3.63) is 9.81 Å². The van der Waals surface area contributed by atoms with E-state index in [1.165, 1.54) is 0 Å². The summed E-state index contributed by atoms with van der Waals surface area (Å²) in [5.41, 5.74) is 0. The Hall–Kier alpha value is -0.710. The molecule has 6 heteroatoms. The van der Waals surface area contributed by atoms with Crippen molar-refractivity contribution in [3.8, 4) is 0 Å². The highest BCUT2D eigenvalue weighted by Crippen LogP contribution is 1.66. The van der Waals surface area contributed by atoms with E-state index < -0.39 is 0 Å². The Kier molecular flexibility index (Phi) is 13.3. The summed E-state index contributed by atoms with van der Waals surface area (Å²) in [6.07, 6.45) is 0. The lowest BCUT2D eigenvalue weighted by atomic mass is 13.1. The molecule has 0 N–H and O–H groups in total. The Morgan fingerprint density at radius 3 is 1.50 bits per heavy atom. The summed E-state index contributed by atoms with van der Waals surface area (Å²) >= 11 is 0. The smallest absolute Gasteiger partial charge is 0.166 e. The van der Waals surface area contributed by atoms with Crippen LogP contribution in [0.15, 0.2) is 10.7 Å². The Bertz CT molecular complexity index is 38.1. The van der Waals surface area contributed by atoms with Gasteiger partial charge in [0.15, 0.2) is 10.7 Å². The minimum atomic E-state index is 0. The van der Waals surface area contributed by atoms with Gasteiger partial charge in [0, 0.05) is 0 Å². The van der Waals surface area contributed by atoms with E-state index in [1.54, 1.807) is 10.7 Å². The molecule has 0 atom stereocenters. The molecule has 36 valence electrons. The molecule has 0 saturated heterocycles. The Morgan fingerprint density at radius 2 is 1.50 bits per heavy atom. The molecular formula is HClN2O3. The molecule has 5 nitrogen and oxygen atoms in total. The van der Waals surface area contributed by atoms with Crippen molar-refractivity contribution in [1.82, 2.24) is 0 Å². The largest absolute Gasteiger partial charge is 0.187 e. The van der Waals surface area contributed by atoms with Crippen LogP contribution in [0.4, 0.5) is 0 Å². The van der Waals surface area contributed by atoms with Crippen LogP contribution in [0.25, 0.3) is 0 Å². The van der Waals surface area contributed by atoms with Crippen molar-refractivity contribution in [2.75, 3.05) is 0 Å². The van der Waals surface area contributed by atoms with Crippen molar-refractivity contribution >= 4 is 12.4 Å². The first kappa shape index (κ1) is 8.99. The lowest BCUT2D eigenvalue weighted by Gasteiger charge is -1.57. The van der Waals surface area contributed by atoms with Crippen LogP contribution in [-0.4, -0.2) is 0 Å². The molecule has 0 aromatic carbocycles. The molecule has 0 unspecified atom stereocenters. The molecule has 0 amide bonds. The molecule has 0 saturated carbocycles. The third-order valence-electron chi connectivity index (χ3n) is 0.0667. The highest BCUT2D eigenvalue weighted by atomic mass is 35.5. The SMILES string of the molecule is Cl.O=NON=O. The van der Waals surface area contributed by atoms with E-state index in [9.17, 15) is 0 Å². The standard InChI is InChI=1S/ClH.N2O3/c;3-1-5-2-4/h1H;. The van der Waals surface area contributed by atoms with Crippen molar-refractivity contribution in [2.45, 2.75) is 0 Å². The zero-order chi connectivity index (χ0) is 4.12. The number of nitrogens with zero attached hydrogens (tertiary/aromatic N) is 2. The molecule has 6 heavy (non-hydrogen) atoms. The third-order valence-corrected chi connectivity index (χ3v) is 0.0667. The minimum Gasteiger partial charge on any atom is -0.166 e. The van der Waals surface area contributed by atoms with E-state index in [4.69, 9.17) is 9.81 Å². The van der Waals surface area contributed by atoms with Crippen LogP contribution in [-0.2, 0) is 4.94 Å². The molecule has 0 aliphatic rings. The van der Waals surface area contributed by atoms with Gasteiger partial charge in [-0.25, -0.2) is 0 Å². The van der Waals surface area contributed by atoms with Crippen LogP contribution in [0.2, 0.25) is 0 Å². The van der Waals surface area contributed by atoms with Crippen LogP contribution in [0.5, 0.6) is 0 Å². The van der Waals surface area contributed by atoms with Gasteiger partial charge in [-0.15, -0.1) is 22.2 Å². The van der Waals surface area contributed by atoms with Crippen LogP contribution >= 0.6 is 12.4 Å². The zero-order valence-electron chi connectivity index (χ0n) is 2.53. The summed E-state index contributed by atoms with van der Waals surface area (Å²) in [7, 11) is 0. The fourth-order valence-electron chi connectivity index (χ4n) is 0.0136. The van der Waals surface area contributed by atoms with E-state index in [2.05, 4.69) is 4.94 Å². The van der Waals surface area contributed by atoms with Crippen molar-refractivity contribution < 1.29 is 4.94 Å². The van der Waals surface area contributed by atoms with Crippen molar-refractivity contribution in [3.63, 3.8) is 0 Å². The number of halogens is 1. The summed E-state index contributed by atoms with van der Waals surface area (Å²) in [6, 6.07) is 0. The number of hydrogen-bond donors (Lipinski definition) is 0. The van der Waals surface area contributed by atoms with E-state index in [1.807, 2.05) is 0 Å². The predicted octanol–water partition coefficient (Wildman–Crippen LogP) is 0.788. The van der Waals surface area contributed by atoms with E-state index in [0.717, 1.165) is 0 Å². The number of hydrogen-bond acceptors (Lipinski definition) is 5. The summed E-state index contributed by atoms with van der Waals surface area (Å²) in [5.74, 6) is 0. The fourth-order valence-corrected chi connectivity index (χ4v) is 0.0136. The average Bonchev–Trinajstić information content (AvgIpc) is 1.41. The first-order valence-electron chi connectivity index (χ1n) is 0.730. The first-order chi connectivity index (χ1) is 2.41. The summed E-state index contributed by atoms with van der Waals surface area (Å²) < 4.78 is 0. The maximum absolute atomic E-state index is 8.64. The quantitative estimate of drug-likeness (QED) is 0.392. The topological polar surface area (TPSA) is 68.1 Å². The van der Waals surface area contributed by atoms with Gasteiger partial charge in [0.25, 0.3) is 0 Å². The zero-order valence-corrected chi connectivity index (χ0v) is 3.34. The molecular weight excluding hydrogens is 111 g/mol. The van der Waals surface area contributed by atoms with Crippen molar-refractivity contribution in [2.24, 2.45) is 10.7 Å². The lowest BCUT2D eigenvalue weighted by Crippen LogP contribution is -1.52. The molecule has 0 heterocycles.